The van der Waals surface area contributed by atoms with Gasteiger partial charge < -0.3 is 15.4 Å². The highest BCUT2D eigenvalue weighted by atomic mass is 16.5. The van der Waals surface area contributed by atoms with E-state index in [-0.39, 0.29) is 12.1 Å². The molecule has 0 aliphatic carbocycles. The van der Waals surface area contributed by atoms with Crippen molar-refractivity contribution < 1.29 is 4.74 Å². The van der Waals surface area contributed by atoms with E-state index in [1.54, 1.807) is 18.4 Å². The lowest BCUT2D eigenvalue weighted by molar-refractivity contribution is -0.00379. The number of benzene rings is 1. The van der Waals surface area contributed by atoms with Crippen molar-refractivity contribution in [2.45, 2.75) is 18.8 Å². The Kier molecular flexibility index (Phi) is 4.07. The molecular weight excluding hydrogens is 316 g/mol. The van der Waals surface area contributed by atoms with Gasteiger partial charge in [0, 0.05) is 24.9 Å². The fourth-order valence-electron chi connectivity index (χ4n) is 3.32. The van der Waals surface area contributed by atoms with Crippen molar-refractivity contribution in [1.82, 2.24) is 19.9 Å². The van der Waals surface area contributed by atoms with Gasteiger partial charge in [-0.3, -0.25) is 0 Å². The van der Waals surface area contributed by atoms with Crippen molar-refractivity contribution in [3.05, 3.63) is 61.0 Å². The molecule has 2 aliphatic rings. The van der Waals surface area contributed by atoms with Gasteiger partial charge >= 0.3 is 0 Å². The summed E-state index contributed by atoms with van der Waals surface area (Å²) in [5, 5.41) is 8.79. The second-order valence-electron chi connectivity index (χ2n) is 6.08. The summed E-state index contributed by atoms with van der Waals surface area (Å²) >= 11 is 0. The first-order valence-corrected chi connectivity index (χ1v) is 8.25. The van der Waals surface area contributed by atoms with E-state index < -0.39 is 0 Å². The van der Waals surface area contributed by atoms with E-state index in [1.165, 1.54) is 0 Å². The number of hydrogen-bond acceptors (Lipinski definition) is 4. The van der Waals surface area contributed by atoms with Gasteiger partial charge in [0.05, 0.1) is 24.4 Å². The molecule has 0 amide bonds. The van der Waals surface area contributed by atoms with Crippen molar-refractivity contribution >= 4 is 5.96 Å². The molecule has 7 heteroatoms. The third-order valence-electron chi connectivity index (χ3n) is 4.58. The number of aliphatic imine (C=N–C) groups is 1. The molecule has 2 aliphatic heterocycles. The lowest BCUT2D eigenvalue weighted by Gasteiger charge is -2.26. The Labute approximate surface area is 146 Å². The topological polar surface area (TPSA) is 81.6 Å². The maximum absolute atomic E-state index is 6.08. The molecule has 4 rings (SSSR count). The molecule has 0 saturated carbocycles. The van der Waals surface area contributed by atoms with Gasteiger partial charge in [0.15, 0.2) is 5.96 Å². The number of allylic oxidation sites excluding steroid dienone is 2. The summed E-state index contributed by atoms with van der Waals surface area (Å²) < 4.78 is 8.06. The zero-order chi connectivity index (χ0) is 17.2. The number of aromatic nitrogens is 3. The first-order valence-electron chi connectivity index (χ1n) is 8.25. The number of nitrogens with zero attached hydrogens (tertiary/aromatic N) is 5. The van der Waals surface area contributed by atoms with Crippen LogP contribution in [0.3, 0.4) is 0 Å². The molecule has 0 radical (unpaired) electrons. The smallest absolute Gasteiger partial charge is 0.196 e. The van der Waals surface area contributed by atoms with Crippen LogP contribution in [0.25, 0.3) is 11.3 Å². The number of fused-ring (bicyclic) bond motifs is 3. The molecule has 2 atom stereocenters. The lowest BCUT2D eigenvalue weighted by atomic mass is 10.1. The average molecular weight is 336 g/mol. The fraction of sp³-hybridized carbons (Fsp3) is 0.278. The summed E-state index contributed by atoms with van der Waals surface area (Å²) in [6, 6.07) is 10.1. The third kappa shape index (κ3) is 2.83. The van der Waals surface area contributed by atoms with Crippen LogP contribution in [0.1, 0.15) is 11.7 Å². The molecule has 0 spiro atoms. The van der Waals surface area contributed by atoms with E-state index in [4.69, 9.17) is 10.5 Å². The van der Waals surface area contributed by atoms with E-state index in [9.17, 15) is 0 Å². The number of rotatable bonds is 3. The SMILES string of the molecule is C=C/C=C\N=C(N)N1CC2OCc3c(-c4ccccc4)nnn3[C@@H]2C1. The van der Waals surface area contributed by atoms with E-state index >= 15 is 0 Å². The predicted octanol–water partition coefficient (Wildman–Crippen LogP) is 1.71. The van der Waals surface area contributed by atoms with Gasteiger partial charge in [-0.25, -0.2) is 9.67 Å². The van der Waals surface area contributed by atoms with E-state index in [0.29, 0.717) is 25.7 Å². The Morgan fingerprint density at radius 2 is 2.16 bits per heavy atom. The molecule has 1 aromatic heterocycles. The average Bonchev–Trinajstić information content (AvgIpc) is 3.26. The van der Waals surface area contributed by atoms with Crippen molar-refractivity contribution in [2.24, 2.45) is 10.7 Å². The highest BCUT2D eigenvalue weighted by Crippen LogP contribution is 2.34. The summed E-state index contributed by atoms with van der Waals surface area (Å²) in [6.07, 6.45) is 5.08. The minimum absolute atomic E-state index is 0.0370. The fourth-order valence-corrected chi connectivity index (χ4v) is 3.32. The molecule has 0 bridgehead atoms. The van der Waals surface area contributed by atoms with Gasteiger partial charge in [-0.1, -0.05) is 48.2 Å². The molecule has 2 aromatic rings. The van der Waals surface area contributed by atoms with Crippen LogP contribution in [0, 0.1) is 0 Å². The van der Waals surface area contributed by atoms with Gasteiger partial charge in [0.25, 0.3) is 0 Å². The summed E-state index contributed by atoms with van der Waals surface area (Å²) in [7, 11) is 0. The van der Waals surface area contributed by atoms with Gasteiger partial charge in [0.1, 0.15) is 5.69 Å². The van der Waals surface area contributed by atoms with Gasteiger partial charge in [-0.2, -0.15) is 0 Å². The van der Waals surface area contributed by atoms with Gasteiger partial charge in [0.2, 0.25) is 0 Å². The predicted molar refractivity (Wildman–Crippen MR) is 95.6 cm³/mol. The summed E-state index contributed by atoms with van der Waals surface area (Å²) in [4.78, 5) is 6.25. The Balaban J connectivity index is 1.59. The molecule has 2 N–H and O–H groups in total. The molecule has 128 valence electrons. The zero-order valence-corrected chi connectivity index (χ0v) is 13.8. The maximum atomic E-state index is 6.08. The summed E-state index contributed by atoms with van der Waals surface area (Å²) in [5.74, 6) is 0.473. The van der Waals surface area contributed by atoms with Gasteiger partial charge in [-0.15, -0.1) is 5.10 Å². The number of hydrogen-bond donors (Lipinski definition) is 1. The number of nitrogens with two attached hydrogens (primary N) is 1. The molecule has 1 unspecified atom stereocenters. The Hall–Kier alpha value is -2.93. The summed E-state index contributed by atoms with van der Waals surface area (Å²) in [6.45, 7) is 5.51. The van der Waals surface area contributed by atoms with Crippen LogP contribution in [-0.4, -0.2) is 45.0 Å². The van der Waals surface area contributed by atoms with Crippen molar-refractivity contribution in [1.29, 1.82) is 0 Å². The molecular formula is C18H20N6O. The number of guanidine groups is 1. The highest BCUT2D eigenvalue weighted by molar-refractivity contribution is 5.79. The maximum Gasteiger partial charge on any atom is 0.196 e. The van der Waals surface area contributed by atoms with Gasteiger partial charge in [-0.05, 0) is 6.08 Å². The van der Waals surface area contributed by atoms with Crippen LogP contribution in [0.2, 0.25) is 0 Å². The molecule has 1 saturated heterocycles. The zero-order valence-electron chi connectivity index (χ0n) is 13.8. The lowest BCUT2D eigenvalue weighted by Crippen LogP contribution is -2.36. The molecule has 25 heavy (non-hydrogen) atoms. The van der Waals surface area contributed by atoms with Crippen molar-refractivity contribution in [3.63, 3.8) is 0 Å². The van der Waals surface area contributed by atoms with E-state index in [1.807, 2.05) is 39.9 Å². The monoisotopic (exact) mass is 336 g/mol. The van der Waals surface area contributed by atoms with E-state index in [0.717, 1.165) is 17.0 Å². The quantitative estimate of drug-likeness (QED) is 0.524. The molecule has 7 nitrogen and oxygen atoms in total. The first-order chi connectivity index (χ1) is 12.3. The number of ether oxygens (including phenoxy) is 1. The van der Waals surface area contributed by atoms with Crippen LogP contribution in [0.15, 0.2) is 60.3 Å². The highest BCUT2D eigenvalue weighted by Gasteiger charge is 2.41. The Morgan fingerprint density at radius 1 is 1.32 bits per heavy atom. The second-order valence-corrected chi connectivity index (χ2v) is 6.08. The molecule has 3 heterocycles. The second kappa shape index (κ2) is 6.52. The number of likely N-dealkylation sites (tertiary alicyclic amines) is 1. The van der Waals surface area contributed by atoms with E-state index in [2.05, 4.69) is 21.9 Å². The van der Waals surface area contributed by atoms with Crippen LogP contribution in [0.4, 0.5) is 0 Å². The normalized spacial score (nSPS) is 22.9. The summed E-state index contributed by atoms with van der Waals surface area (Å²) in [5.41, 5.74) is 9.02. The van der Waals surface area contributed by atoms with Crippen molar-refractivity contribution in [3.8, 4) is 11.3 Å². The Bertz CT molecular complexity index is 825. The molecule has 1 fully saturated rings. The van der Waals surface area contributed by atoms with Crippen molar-refractivity contribution in [2.75, 3.05) is 13.1 Å². The van der Waals surface area contributed by atoms with Crippen LogP contribution < -0.4 is 5.73 Å². The largest absolute Gasteiger partial charge is 0.370 e. The standard InChI is InChI=1S/C18H20N6O/c1-2-3-9-20-18(19)23-10-14-16(11-23)25-12-15-17(21-22-24(14)15)13-7-5-4-6-8-13/h2-9,14,16H,1,10-12H2,(H2,19,20)/b9-3-/t14-,16?/m1/s1. The van der Waals surface area contributed by atoms with Crippen LogP contribution >= 0.6 is 0 Å². The first kappa shape index (κ1) is 15.6. The van der Waals surface area contributed by atoms with Crippen LogP contribution in [0.5, 0.6) is 0 Å². The van der Waals surface area contributed by atoms with Crippen LogP contribution in [-0.2, 0) is 11.3 Å². The minimum atomic E-state index is 0.0370. The third-order valence-corrected chi connectivity index (χ3v) is 4.58. The minimum Gasteiger partial charge on any atom is -0.370 e. The molecule has 1 aromatic carbocycles. The Morgan fingerprint density at radius 3 is 2.96 bits per heavy atom.